The molecule has 5 N–H and O–H groups in total. The average molecular weight is 426 g/mol. The minimum atomic E-state index is -0.678. The van der Waals surface area contributed by atoms with E-state index >= 15 is 0 Å². The van der Waals surface area contributed by atoms with Crippen LogP contribution in [0.1, 0.15) is 28.2 Å². The summed E-state index contributed by atoms with van der Waals surface area (Å²) in [7, 11) is 0. The van der Waals surface area contributed by atoms with Crippen molar-refractivity contribution in [3.63, 3.8) is 0 Å². The first-order valence-electron chi connectivity index (χ1n) is 9.46. The van der Waals surface area contributed by atoms with Crippen molar-refractivity contribution in [3.8, 4) is 0 Å². The number of para-hydroxylation sites is 1. The van der Waals surface area contributed by atoms with Gasteiger partial charge in [0.15, 0.2) is 11.0 Å². The summed E-state index contributed by atoms with van der Waals surface area (Å²) in [4.78, 5) is 32.6. The number of rotatable bonds is 8. The van der Waals surface area contributed by atoms with E-state index in [0.717, 1.165) is 15.8 Å². The van der Waals surface area contributed by atoms with E-state index in [1.54, 1.807) is 0 Å². The number of hydrogen-bond acceptors (Lipinski definition) is 7. The summed E-state index contributed by atoms with van der Waals surface area (Å²) in [6, 6.07) is 16.2. The van der Waals surface area contributed by atoms with Crippen molar-refractivity contribution in [3.05, 3.63) is 65.2 Å². The lowest BCUT2D eigenvalue weighted by atomic mass is 10.1. The van der Waals surface area contributed by atoms with Crippen LogP contribution in [0.5, 0.6) is 0 Å². The number of alkyl carbamates (subject to hydrolysis) is 1. The molecule has 0 aliphatic carbocycles. The van der Waals surface area contributed by atoms with Gasteiger partial charge in [-0.15, -0.1) is 11.3 Å². The van der Waals surface area contributed by atoms with E-state index in [0.29, 0.717) is 24.4 Å². The molecule has 0 unspecified atom stereocenters. The average Bonchev–Trinajstić information content (AvgIpc) is 3.19. The Balaban J connectivity index is 1.38. The number of nitrogens with two attached hydrogens (primary N) is 2. The molecule has 0 aliphatic heterocycles. The molecule has 0 radical (unpaired) electrons. The molecular weight excluding hydrogens is 402 g/mol. The molecule has 1 amide bonds. The SMILES string of the molecule is NC(=NCCC[C@H](N)C(=O)c1nc2ccccc2s1)NC(=O)OCc1ccccc1. The quantitative estimate of drug-likeness (QED) is 0.220. The van der Waals surface area contributed by atoms with Crippen LogP contribution in [0.25, 0.3) is 10.2 Å². The second-order valence-corrected chi connectivity index (χ2v) is 7.58. The van der Waals surface area contributed by atoms with Crippen LogP contribution in [0.2, 0.25) is 0 Å². The summed E-state index contributed by atoms with van der Waals surface area (Å²) in [5.41, 5.74) is 13.4. The molecule has 3 aromatic rings. The molecule has 0 spiro atoms. The van der Waals surface area contributed by atoms with Gasteiger partial charge in [-0.25, -0.2) is 9.78 Å². The Morgan fingerprint density at radius 2 is 1.87 bits per heavy atom. The Morgan fingerprint density at radius 1 is 1.13 bits per heavy atom. The molecule has 8 nitrogen and oxygen atoms in total. The maximum Gasteiger partial charge on any atom is 0.414 e. The van der Waals surface area contributed by atoms with Crippen LogP contribution in [0, 0.1) is 0 Å². The first-order chi connectivity index (χ1) is 14.5. The third kappa shape index (κ3) is 6.10. The number of fused-ring (bicyclic) bond motifs is 1. The first kappa shape index (κ1) is 21.4. The van der Waals surface area contributed by atoms with Gasteiger partial charge in [-0.1, -0.05) is 42.5 Å². The highest BCUT2D eigenvalue weighted by Crippen LogP contribution is 2.22. The van der Waals surface area contributed by atoms with Crippen LogP contribution in [0.15, 0.2) is 59.6 Å². The molecule has 0 saturated carbocycles. The van der Waals surface area contributed by atoms with Crippen LogP contribution >= 0.6 is 11.3 Å². The van der Waals surface area contributed by atoms with E-state index in [4.69, 9.17) is 16.2 Å². The maximum absolute atomic E-state index is 12.5. The van der Waals surface area contributed by atoms with E-state index in [2.05, 4.69) is 15.3 Å². The largest absolute Gasteiger partial charge is 0.444 e. The monoisotopic (exact) mass is 425 g/mol. The Bertz CT molecular complexity index is 1000. The van der Waals surface area contributed by atoms with Gasteiger partial charge in [-0.2, -0.15) is 0 Å². The van der Waals surface area contributed by atoms with Gasteiger partial charge < -0.3 is 16.2 Å². The summed E-state index contributed by atoms with van der Waals surface area (Å²) >= 11 is 1.34. The number of hydrogen-bond donors (Lipinski definition) is 3. The number of nitrogens with zero attached hydrogens (tertiary/aromatic N) is 2. The van der Waals surface area contributed by atoms with Gasteiger partial charge in [0.1, 0.15) is 6.61 Å². The lowest BCUT2D eigenvalue weighted by Gasteiger charge is -2.08. The van der Waals surface area contributed by atoms with E-state index in [1.807, 2.05) is 54.6 Å². The number of ether oxygens (including phenoxy) is 1. The van der Waals surface area contributed by atoms with Gasteiger partial charge in [0.25, 0.3) is 0 Å². The third-order valence-electron chi connectivity index (χ3n) is 4.24. The van der Waals surface area contributed by atoms with Crippen molar-refractivity contribution in [2.24, 2.45) is 16.5 Å². The zero-order valence-electron chi connectivity index (χ0n) is 16.3. The zero-order chi connectivity index (χ0) is 21.3. The van der Waals surface area contributed by atoms with Crippen LogP contribution in [0.3, 0.4) is 0 Å². The third-order valence-corrected chi connectivity index (χ3v) is 5.29. The Labute approximate surface area is 178 Å². The Hall–Kier alpha value is -3.30. The molecule has 0 fully saturated rings. The van der Waals surface area contributed by atoms with Gasteiger partial charge >= 0.3 is 6.09 Å². The number of guanidine groups is 1. The van der Waals surface area contributed by atoms with Crippen molar-refractivity contribution in [1.29, 1.82) is 0 Å². The number of aliphatic imine (C=N–C) groups is 1. The summed E-state index contributed by atoms with van der Waals surface area (Å²) < 4.78 is 6.02. The predicted molar refractivity (Wildman–Crippen MR) is 117 cm³/mol. The molecule has 1 atom stereocenters. The van der Waals surface area contributed by atoms with Gasteiger partial charge in [0.2, 0.25) is 5.78 Å². The highest BCUT2D eigenvalue weighted by molar-refractivity contribution is 7.20. The lowest BCUT2D eigenvalue weighted by Crippen LogP contribution is -2.37. The molecule has 3 rings (SSSR count). The topological polar surface area (TPSA) is 133 Å². The van der Waals surface area contributed by atoms with E-state index in [-0.39, 0.29) is 18.3 Å². The second kappa shape index (κ2) is 10.5. The zero-order valence-corrected chi connectivity index (χ0v) is 17.1. The van der Waals surface area contributed by atoms with Gasteiger partial charge in [0, 0.05) is 6.54 Å². The smallest absolute Gasteiger partial charge is 0.414 e. The number of benzene rings is 2. The molecule has 2 aromatic carbocycles. The standard InChI is InChI=1S/C21H23N5O3S/c22-15(18(27)19-25-16-10-4-5-11-17(16)30-19)9-6-12-24-20(23)26-21(28)29-13-14-7-2-1-3-8-14/h1-5,7-8,10-11,15H,6,9,12-13,22H2,(H3,23,24,26,28)/t15-/m0/s1. The molecule has 30 heavy (non-hydrogen) atoms. The summed E-state index contributed by atoms with van der Waals surface area (Å²) in [5, 5.41) is 2.77. The van der Waals surface area contributed by atoms with Crippen molar-refractivity contribution in [2.75, 3.05) is 6.54 Å². The molecule has 0 aliphatic rings. The Kier molecular flexibility index (Phi) is 7.47. The van der Waals surface area contributed by atoms with Crippen molar-refractivity contribution in [1.82, 2.24) is 10.3 Å². The number of Topliss-reactive ketones (excluding diaryl/α,β-unsaturated/α-hetero) is 1. The van der Waals surface area contributed by atoms with Crippen molar-refractivity contribution in [2.45, 2.75) is 25.5 Å². The number of aromatic nitrogens is 1. The van der Waals surface area contributed by atoms with Crippen LogP contribution in [-0.4, -0.2) is 35.4 Å². The number of carbonyl (C=O) groups is 2. The second-order valence-electron chi connectivity index (χ2n) is 6.55. The van der Waals surface area contributed by atoms with Crippen LogP contribution < -0.4 is 16.8 Å². The molecule has 9 heteroatoms. The van der Waals surface area contributed by atoms with E-state index < -0.39 is 12.1 Å². The van der Waals surface area contributed by atoms with Gasteiger partial charge in [-0.05, 0) is 30.5 Å². The minimum absolute atomic E-state index is 0.0425. The number of carbonyl (C=O) groups excluding carboxylic acids is 2. The van der Waals surface area contributed by atoms with E-state index in [9.17, 15) is 9.59 Å². The van der Waals surface area contributed by atoms with Crippen molar-refractivity contribution < 1.29 is 14.3 Å². The fourth-order valence-electron chi connectivity index (χ4n) is 2.68. The van der Waals surface area contributed by atoms with E-state index in [1.165, 1.54) is 11.3 Å². The normalized spacial score (nSPS) is 12.5. The summed E-state index contributed by atoms with van der Waals surface area (Å²) in [6.07, 6.45) is 0.297. The number of amides is 1. The van der Waals surface area contributed by atoms with Crippen LogP contribution in [-0.2, 0) is 11.3 Å². The molecular formula is C21H23N5O3S. The molecule has 0 saturated heterocycles. The number of ketones is 1. The first-order valence-corrected chi connectivity index (χ1v) is 10.3. The molecule has 1 aromatic heterocycles. The molecule has 0 bridgehead atoms. The number of nitrogens with one attached hydrogen (secondary N) is 1. The molecule has 156 valence electrons. The van der Waals surface area contributed by atoms with Gasteiger partial charge in [0.05, 0.1) is 16.3 Å². The fraction of sp³-hybridized carbons (Fsp3) is 0.238. The van der Waals surface area contributed by atoms with Crippen molar-refractivity contribution >= 4 is 39.4 Å². The number of thiazole rings is 1. The maximum atomic E-state index is 12.5. The predicted octanol–water partition coefficient (Wildman–Crippen LogP) is 2.83. The molecule has 1 heterocycles. The van der Waals surface area contributed by atoms with Crippen LogP contribution in [0.4, 0.5) is 4.79 Å². The fourth-order valence-corrected chi connectivity index (χ4v) is 3.65. The Morgan fingerprint density at radius 3 is 2.63 bits per heavy atom. The lowest BCUT2D eigenvalue weighted by molar-refractivity contribution is 0.0956. The summed E-state index contributed by atoms with van der Waals surface area (Å²) in [5.74, 6) is -0.227. The minimum Gasteiger partial charge on any atom is -0.444 e. The van der Waals surface area contributed by atoms with Gasteiger partial charge in [-0.3, -0.25) is 15.1 Å². The highest BCUT2D eigenvalue weighted by Gasteiger charge is 2.19. The highest BCUT2D eigenvalue weighted by atomic mass is 32.1. The summed E-state index contributed by atoms with van der Waals surface area (Å²) in [6.45, 7) is 0.467.